The van der Waals surface area contributed by atoms with Gasteiger partial charge in [0.05, 0.1) is 17.1 Å². The fourth-order valence-corrected chi connectivity index (χ4v) is 4.03. The molecule has 0 saturated heterocycles. The quantitative estimate of drug-likeness (QED) is 0.509. The third kappa shape index (κ3) is 5.26. The van der Waals surface area contributed by atoms with Gasteiger partial charge in [-0.1, -0.05) is 49.3 Å². The highest BCUT2D eigenvalue weighted by Gasteiger charge is 2.19. The molecule has 1 heterocycles. The number of carbonyl (C=O) groups is 1. The van der Waals surface area contributed by atoms with Gasteiger partial charge in [0.2, 0.25) is 27.6 Å². The van der Waals surface area contributed by atoms with Crippen LogP contribution in [-0.2, 0) is 21.4 Å². The molecule has 30 heavy (non-hydrogen) atoms. The van der Waals surface area contributed by atoms with Crippen molar-refractivity contribution in [2.24, 2.45) is 5.92 Å². The van der Waals surface area contributed by atoms with Crippen LogP contribution in [0.3, 0.4) is 0 Å². The van der Waals surface area contributed by atoms with E-state index in [1.165, 1.54) is 23.9 Å². The van der Waals surface area contributed by atoms with Crippen molar-refractivity contribution in [2.45, 2.75) is 30.2 Å². The molecule has 0 bridgehead atoms. The van der Waals surface area contributed by atoms with Crippen molar-refractivity contribution in [3.05, 3.63) is 54.4 Å². The normalized spacial score (nSPS) is 11.6. The molecule has 1 amide bonds. The number of thioether (sulfide) groups is 1. The number of nitrogens with one attached hydrogen (secondary N) is 2. The summed E-state index contributed by atoms with van der Waals surface area (Å²) >= 11 is 1.42. The Balaban J connectivity index is 1.75. The minimum atomic E-state index is -3.86. The van der Waals surface area contributed by atoms with Crippen LogP contribution in [0.15, 0.2) is 62.8 Å². The van der Waals surface area contributed by atoms with Crippen LogP contribution in [0.25, 0.3) is 11.4 Å². The lowest BCUT2D eigenvalue weighted by Crippen LogP contribution is -2.24. The first-order valence-electron chi connectivity index (χ1n) is 9.16. The highest BCUT2D eigenvalue weighted by molar-refractivity contribution is 7.98. The van der Waals surface area contributed by atoms with Gasteiger partial charge in [0, 0.05) is 16.4 Å². The number of sulfonamides is 1. The second-order valence-electron chi connectivity index (χ2n) is 6.71. The molecule has 3 rings (SSSR count). The molecule has 158 valence electrons. The minimum absolute atomic E-state index is 0.0298. The molecule has 10 heteroatoms. The van der Waals surface area contributed by atoms with Gasteiger partial charge in [-0.05, 0) is 24.5 Å². The number of hydrogen-bond donors (Lipinski definition) is 2. The van der Waals surface area contributed by atoms with Crippen LogP contribution in [-0.4, -0.2) is 30.7 Å². The summed E-state index contributed by atoms with van der Waals surface area (Å²) in [5.41, 5.74) is 1.22. The predicted molar refractivity (Wildman–Crippen MR) is 115 cm³/mol. The molecule has 0 unspecified atom stereocenters. The fourth-order valence-electron chi connectivity index (χ4n) is 2.50. The molecular formula is C20H22N4O4S2. The Morgan fingerprint density at radius 3 is 2.57 bits per heavy atom. The fraction of sp³-hybridized carbons (Fsp3) is 0.250. The van der Waals surface area contributed by atoms with Gasteiger partial charge in [0.15, 0.2) is 0 Å². The van der Waals surface area contributed by atoms with Crippen molar-refractivity contribution in [1.29, 1.82) is 0 Å². The molecule has 2 N–H and O–H groups in total. The van der Waals surface area contributed by atoms with Gasteiger partial charge in [0.25, 0.3) is 0 Å². The van der Waals surface area contributed by atoms with E-state index >= 15 is 0 Å². The van der Waals surface area contributed by atoms with E-state index < -0.39 is 10.0 Å². The largest absolute Gasteiger partial charge is 0.338 e. The van der Waals surface area contributed by atoms with Gasteiger partial charge in [0.1, 0.15) is 0 Å². The SMILES string of the molecule is CSc1ccc(S(=O)(=O)NCc2nc(-c3ccccc3)no2)cc1NC(=O)C(C)C. The standard InChI is InChI=1S/C20H22N4O4S2/c1-13(2)20(25)22-16-11-15(9-10-17(16)29-3)30(26,27)21-12-18-23-19(24-28-18)14-7-5-4-6-8-14/h4-11,13,21H,12H2,1-3H3,(H,22,25). The van der Waals surface area contributed by atoms with Crippen LogP contribution < -0.4 is 10.0 Å². The second kappa shape index (κ2) is 9.41. The molecule has 1 aromatic heterocycles. The number of rotatable bonds is 8. The molecule has 3 aromatic rings. The Hall–Kier alpha value is -2.69. The first-order valence-corrected chi connectivity index (χ1v) is 11.9. The maximum atomic E-state index is 12.7. The Labute approximate surface area is 179 Å². The molecule has 0 fully saturated rings. The molecule has 0 aliphatic heterocycles. The van der Waals surface area contributed by atoms with Crippen molar-refractivity contribution in [2.75, 3.05) is 11.6 Å². The van der Waals surface area contributed by atoms with Gasteiger partial charge in [-0.15, -0.1) is 11.8 Å². The summed E-state index contributed by atoms with van der Waals surface area (Å²) in [6.45, 7) is 3.38. The van der Waals surface area contributed by atoms with E-state index in [0.717, 1.165) is 10.5 Å². The third-order valence-electron chi connectivity index (χ3n) is 4.18. The first-order chi connectivity index (χ1) is 14.3. The number of benzene rings is 2. The van der Waals surface area contributed by atoms with E-state index in [2.05, 4.69) is 20.2 Å². The number of anilines is 1. The van der Waals surface area contributed by atoms with Crippen LogP contribution in [0.5, 0.6) is 0 Å². The number of amides is 1. The third-order valence-corrected chi connectivity index (χ3v) is 6.37. The van der Waals surface area contributed by atoms with Crippen LogP contribution in [0.4, 0.5) is 5.69 Å². The van der Waals surface area contributed by atoms with E-state index in [1.807, 2.05) is 36.6 Å². The van der Waals surface area contributed by atoms with E-state index in [-0.39, 0.29) is 29.2 Å². The lowest BCUT2D eigenvalue weighted by molar-refractivity contribution is -0.118. The molecule has 0 aliphatic carbocycles. The smallest absolute Gasteiger partial charge is 0.242 e. The first kappa shape index (κ1) is 22.0. The van der Waals surface area contributed by atoms with E-state index in [4.69, 9.17) is 4.52 Å². The van der Waals surface area contributed by atoms with E-state index in [1.54, 1.807) is 19.9 Å². The van der Waals surface area contributed by atoms with Gasteiger partial charge in [-0.3, -0.25) is 4.79 Å². The van der Waals surface area contributed by atoms with Crippen LogP contribution in [0.1, 0.15) is 19.7 Å². The van der Waals surface area contributed by atoms with E-state index in [0.29, 0.717) is 11.5 Å². The summed E-state index contributed by atoms with van der Waals surface area (Å²) in [4.78, 5) is 17.1. The molecule has 8 nitrogen and oxygen atoms in total. The average Bonchev–Trinajstić information content (AvgIpc) is 3.22. The topological polar surface area (TPSA) is 114 Å². The number of aromatic nitrogens is 2. The highest BCUT2D eigenvalue weighted by Crippen LogP contribution is 2.28. The van der Waals surface area contributed by atoms with Crippen LogP contribution in [0, 0.1) is 5.92 Å². The van der Waals surface area contributed by atoms with Gasteiger partial charge < -0.3 is 9.84 Å². The maximum absolute atomic E-state index is 12.7. The van der Waals surface area contributed by atoms with Gasteiger partial charge in [-0.2, -0.15) is 4.98 Å². The predicted octanol–water partition coefficient (Wildman–Crippen LogP) is 3.53. The van der Waals surface area contributed by atoms with Gasteiger partial charge >= 0.3 is 0 Å². The monoisotopic (exact) mass is 446 g/mol. The molecule has 0 atom stereocenters. The van der Waals surface area contributed by atoms with Crippen molar-refractivity contribution < 1.29 is 17.7 Å². The van der Waals surface area contributed by atoms with Crippen LogP contribution in [0.2, 0.25) is 0 Å². The zero-order valence-corrected chi connectivity index (χ0v) is 18.4. The maximum Gasteiger partial charge on any atom is 0.242 e. The summed E-state index contributed by atoms with van der Waals surface area (Å²) in [5.74, 6) is 0.112. The zero-order chi connectivity index (χ0) is 21.7. The summed E-state index contributed by atoms with van der Waals surface area (Å²) in [7, 11) is -3.86. The van der Waals surface area contributed by atoms with Crippen molar-refractivity contribution >= 4 is 33.4 Å². The summed E-state index contributed by atoms with van der Waals surface area (Å²) < 4.78 is 33.1. The van der Waals surface area contributed by atoms with Gasteiger partial charge in [-0.25, -0.2) is 13.1 Å². The Morgan fingerprint density at radius 2 is 1.90 bits per heavy atom. The van der Waals surface area contributed by atoms with Crippen LogP contribution >= 0.6 is 11.8 Å². The molecular weight excluding hydrogens is 424 g/mol. The van der Waals surface area contributed by atoms with E-state index in [9.17, 15) is 13.2 Å². The zero-order valence-electron chi connectivity index (χ0n) is 16.7. The second-order valence-corrected chi connectivity index (χ2v) is 9.32. The molecule has 0 spiro atoms. The molecule has 2 aromatic carbocycles. The van der Waals surface area contributed by atoms with Crippen molar-refractivity contribution in [3.8, 4) is 11.4 Å². The summed E-state index contributed by atoms with van der Waals surface area (Å²) in [5, 5.41) is 6.65. The number of carbonyl (C=O) groups excluding carboxylic acids is 1. The van der Waals surface area contributed by atoms with Crippen molar-refractivity contribution in [3.63, 3.8) is 0 Å². The number of hydrogen-bond acceptors (Lipinski definition) is 7. The molecule has 0 saturated carbocycles. The molecule has 0 radical (unpaired) electrons. The number of nitrogens with zero attached hydrogens (tertiary/aromatic N) is 2. The Bertz CT molecular complexity index is 1130. The summed E-state index contributed by atoms with van der Waals surface area (Å²) in [6, 6.07) is 13.8. The lowest BCUT2D eigenvalue weighted by atomic mass is 10.2. The van der Waals surface area contributed by atoms with Crippen molar-refractivity contribution in [1.82, 2.24) is 14.9 Å². The minimum Gasteiger partial charge on any atom is -0.338 e. The highest BCUT2D eigenvalue weighted by atomic mass is 32.2. The Kier molecular flexibility index (Phi) is 6.91. The Morgan fingerprint density at radius 1 is 1.17 bits per heavy atom. The summed E-state index contributed by atoms with van der Waals surface area (Å²) in [6.07, 6.45) is 1.85. The average molecular weight is 447 g/mol. The lowest BCUT2D eigenvalue weighted by Gasteiger charge is -2.13. The molecule has 0 aliphatic rings.